The van der Waals surface area contributed by atoms with Gasteiger partial charge in [-0.15, -0.1) is 0 Å². The minimum atomic E-state index is -0.626. The molecule has 28 heavy (non-hydrogen) atoms. The van der Waals surface area contributed by atoms with E-state index in [-0.39, 0.29) is 24.8 Å². The van der Waals surface area contributed by atoms with Gasteiger partial charge in [-0.3, -0.25) is 14.4 Å². The van der Waals surface area contributed by atoms with E-state index in [9.17, 15) is 14.4 Å². The molecule has 1 saturated heterocycles. The Morgan fingerprint density at radius 2 is 1.75 bits per heavy atom. The lowest BCUT2D eigenvalue weighted by Crippen LogP contribution is -2.53. The van der Waals surface area contributed by atoms with Gasteiger partial charge < -0.3 is 30.2 Å². The topological polar surface area (TPSA) is 120 Å². The second kappa shape index (κ2) is 9.82. The SMILES string of the molecule is COc1cc(CC(=O)N2CCCCC2C(=O)NCC(N)=O)cc(OC)c1OC. The maximum atomic E-state index is 12.9. The first-order chi connectivity index (χ1) is 13.4. The lowest BCUT2D eigenvalue weighted by molar-refractivity contribution is -0.142. The van der Waals surface area contributed by atoms with Crippen LogP contribution in [0.15, 0.2) is 12.1 Å². The molecule has 1 unspecified atom stereocenters. The van der Waals surface area contributed by atoms with Crippen LogP contribution in [0.4, 0.5) is 0 Å². The van der Waals surface area contributed by atoms with Gasteiger partial charge in [0, 0.05) is 6.54 Å². The van der Waals surface area contributed by atoms with E-state index < -0.39 is 11.9 Å². The summed E-state index contributed by atoms with van der Waals surface area (Å²) >= 11 is 0. The molecule has 0 radical (unpaired) electrons. The number of hydrogen-bond acceptors (Lipinski definition) is 6. The van der Waals surface area contributed by atoms with Gasteiger partial charge in [0.2, 0.25) is 23.5 Å². The second-order valence-corrected chi connectivity index (χ2v) is 6.49. The predicted octanol–water partition coefficient (Wildman–Crippen LogP) is 0.238. The van der Waals surface area contributed by atoms with Gasteiger partial charge in [-0.2, -0.15) is 0 Å². The van der Waals surface area contributed by atoms with Crippen molar-refractivity contribution in [2.75, 3.05) is 34.4 Å². The highest BCUT2D eigenvalue weighted by Crippen LogP contribution is 2.38. The summed E-state index contributed by atoms with van der Waals surface area (Å²) in [6, 6.07) is 2.82. The average molecular weight is 393 g/mol. The van der Waals surface area contributed by atoms with E-state index in [4.69, 9.17) is 19.9 Å². The number of nitrogens with one attached hydrogen (secondary N) is 1. The monoisotopic (exact) mass is 393 g/mol. The third-order valence-corrected chi connectivity index (χ3v) is 4.64. The summed E-state index contributed by atoms with van der Waals surface area (Å²) in [6.07, 6.45) is 2.28. The van der Waals surface area contributed by atoms with E-state index in [0.717, 1.165) is 12.8 Å². The highest BCUT2D eigenvalue weighted by atomic mass is 16.5. The molecule has 1 heterocycles. The number of ether oxygens (including phenoxy) is 3. The molecule has 0 saturated carbocycles. The van der Waals surface area contributed by atoms with Gasteiger partial charge in [-0.1, -0.05) is 0 Å². The number of primary amides is 1. The Hall–Kier alpha value is -2.97. The number of amides is 3. The Labute approximate surface area is 164 Å². The van der Waals surface area contributed by atoms with Crippen molar-refractivity contribution in [3.8, 4) is 17.2 Å². The molecule has 1 fully saturated rings. The predicted molar refractivity (Wildman–Crippen MR) is 101 cm³/mol. The fraction of sp³-hybridized carbons (Fsp3) is 0.526. The van der Waals surface area contributed by atoms with Crippen LogP contribution in [0, 0.1) is 0 Å². The number of nitrogens with two attached hydrogens (primary N) is 1. The summed E-state index contributed by atoms with van der Waals surface area (Å²) < 4.78 is 15.9. The third-order valence-electron chi connectivity index (χ3n) is 4.64. The summed E-state index contributed by atoms with van der Waals surface area (Å²) in [6.45, 7) is 0.238. The first-order valence-corrected chi connectivity index (χ1v) is 9.05. The van der Waals surface area contributed by atoms with Crippen LogP contribution >= 0.6 is 0 Å². The minimum absolute atomic E-state index is 0.0797. The van der Waals surface area contributed by atoms with Crippen molar-refractivity contribution in [3.05, 3.63) is 17.7 Å². The highest BCUT2D eigenvalue weighted by molar-refractivity contribution is 5.91. The fourth-order valence-corrected chi connectivity index (χ4v) is 3.31. The van der Waals surface area contributed by atoms with Crippen LogP contribution in [0.1, 0.15) is 24.8 Å². The minimum Gasteiger partial charge on any atom is -0.493 e. The maximum absolute atomic E-state index is 12.9. The van der Waals surface area contributed by atoms with E-state index in [2.05, 4.69) is 5.32 Å². The normalized spacial score (nSPS) is 16.2. The van der Waals surface area contributed by atoms with Gasteiger partial charge in [0.05, 0.1) is 34.3 Å². The van der Waals surface area contributed by atoms with E-state index in [1.165, 1.54) is 21.3 Å². The van der Waals surface area contributed by atoms with Crippen LogP contribution in [0.5, 0.6) is 17.2 Å². The number of carbonyl (C=O) groups is 3. The quantitative estimate of drug-likeness (QED) is 0.653. The standard InChI is InChI=1S/C19H27N3O6/c1-26-14-8-12(9-15(27-2)18(14)28-3)10-17(24)22-7-5-4-6-13(22)19(25)21-11-16(20)23/h8-9,13H,4-7,10-11H2,1-3H3,(H2,20,23)(H,21,25). The zero-order chi connectivity index (χ0) is 20.7. The molecular weight excluding hydrogens is 366 g/mol. The molecule has 3 amide bonds. The highest BCUT2D eigenvalue weighted by Gasteiger charge is 2.32. The smallest absolute Gasteiger partial charge is 0.243 e. The molecule has 2 rings (SSSR count). The molecule has 1 aliphatic rings. The van der Waals surface area contributed by atoms with E-state index in [0.29, 0.717) is 35.8 Å². The van der Waals surface area contributed by atoms with Crippen molar-refractivity contribution in [2.45, 2.75) is 31.7 Å². The van der Waals surface area contributed by atoms with Crippen molar-refractivity contribution in [2.24, 2.45) is 5.73 Å². The van der Waals surface area contributed by atoms with Crippen molar-refractivity contribution in [1.29, 1.82) is 0 Å². The molecule has 0 aromatic heterocycles. The van der Waals surface area contributed by atoms with Crippen LogP contribution in [-0.4, -0.2) is 63.1 Å². The van der Waals surface area contributed by atoms with Gasteiger partial charge in [-0.05, 0) is 37.0 Å². The molecule has 3 N–H and O–H groups in total. The molecule has 9 nitrogen and oxygen atoms in total. The molecule has 1 aliphatic heterocycles. The van der Waals surface area contributed by atoms with Gasteiger partial charge in [-0.25, -0.2) is 0 Å². The Bertz CT molecular complexity index is 711. The number of piperidine rings is 1. The van der Waals surface area contributed by atoms with E-state index in [1.807, 2.05) is 0 Å². The largest absolute Gasteiger partial charge is 0.493 e. The summed E-state index contributed by atoms with van der Waals surface area (Å²) in [5.41, 5.74) is 5.76. The average Bonchev–Trinajstić information content (AvgIpc) is 2.70. The lowest BCUT2D eigenvalue weighted by Gasteiger charge is -2.34. The van der Waals surface area contributed by atoms with E-state index in [1.54, 1.807) is 17.0 Å². The molecule has 154 valence electrons. The zero-order valence-electron chi connectivity index (χ0n) is 16.4. The summed E-state index contributed by atoms with van der Waals surface area (Å²) in [7, 11) is 4.52. The van der Waals surface area contributed by atoms with Crippen molar-refractivity contribution < 1.29 is 28.6 Å². The number of benzene rings is 1. The van der Waals surface area contributed by atoms with Crippen molar-refractivity contribution >= 4 is 17.7 Å². The first-order valence-electron chi connectivity index (χ1n) is 9.05. The number of carbonyl (C=O) groups excluding carboxylic acids is 3. The number of nitrogens with zero attached hydrogens (tertiary/aromatic N) is 1. The molecule has 0 spiro atoms. The summed E-state index contributed by atoms with van der Waals surface area (Å²) in [4.78, 5) is 37.8. The molecule has 0 bridgehead atoms. The number of rotatable bonds is 8. The lowest BCUT2D eigenvalue weighted by atomic mass is 9.99. The summed E-state index contributed by atoms with van der Waals surface area (Å²) in [5, 5.41) is 2.49. The Kier molecular flexibility index (Phi) is 7.48. The number of likely N-dealkylation sites (tertiary alicyclic amines) is 1. The molecule has 1 aromatic rings. The zero-order valence-corrected chi connectivity index (χ0v) is 16.4. The fourth-order valence-electron chi connectivity index (χ4n) is 3.31. The molecule has 1 atom stereocenters. The first kappa shape index (κ1) is 21.3. The van der Waals surface area contributed by atoms with Gasteiger partial charge in [0.15, 0.2) is 11.5 Å². The Balaban J connectivity index is 2.17. The molecule has 1 aromatic carbocycles. The van der Waals surface area contributed by atoms with Crippen molar-refractivity contribution in [1.82, 2.24) is 10.2 Å². The maximum Gasteiger partial charge on any atom is 0.243 e. The second-order valence-electron chi connectivity index (χ2n) is 6.49. The Morgan fingerprint density at radius 1 is 1.11 bits per heavy atom. The van der Waals surface area contributed by atoms with Gasteiger partial charge in [0.25, 0.3) is 0 Å². The number of hydrogen-bond donors (Lipinski definition) is 2. The molecule has 9 heteroatoms. The Morgan fingerprint density at radius 3 is 2.29 bits per heavy atom. The summed E-state index contributed by atoms with van der Waals surface area (Å²) in [5.74, 6) is 0.186. The van der Waals surface area contributed by atoms with Gasteiger partial charge in [0.1, 0.15) is 6.04 Å². The van der Waals surface area contributed by atoms with Gasteiger partial charge >= 0.3 is 0 Å². The molecule has 0 aliphatic carbocycles. The van der Waals surface area contributed by atoms with Crippen molar-refractivity contribution in [3.63, 3.8) is 0 Å². The number of methoxy groups -OCH3 is 3. The van der Waals surface area contributed by atoms with Crippen LogP contribution in [-0.2, 0) is 20.8 Å². The van der Waals surface area contributed by atoms with Crippen LogP contribution < -0.4 is 25.3 Å². The molecular formula is C19H27N3O6. The van der Waals surface area contributed by atoms with Crippen LogP contribution in [0.2, 0.25) is 0 Å². The van der Waals surface area contributed by atoms with Crippen LogP contribution in [0.3, 0.4) is 0 Å². The van der Waals surface area contributed by atoms with E-state index >= 15 is 0 Å². The third kappa shape index (κ3) is 5.05. The van der Waals surface area contributed by atoms with Crippen LogP contribution in [0.25, 0.3) is 0 Å².